The van der Waals surface area contributed by atoms with E-state index >= 15 is 0 Å². The molecule has 0 fully saturated rings. The SMILES string of the molecule is CN(C)c1nc(N)nc(COC(=O)CCc2ccc(-c3ccccc3)o2)n1. The van der Waals surface area contributed by atoms with Gasteiger partial charge in [0.1, 0.15) is 11.5 Å². The zero-order chi connectivity index (χ0) is 19.2. The molecule has 0 aliphatic heterocycles. The third kappa shape index (κ3) is 5.04. The van der Waals surface area contributed by atoms with Crippen LogP contribution in [-0.4, -0.2) is 35.0 Å². The summed E-state index contributed by atoms with van der Waals surface area (Å²) in [5.41, 5.74) is 6.64. The van der Waals surface area contributed by atoms with Crippen LogP contribution in [0.1, 0.15) is 18.0 Å². The number of nitrogen functional groups attached to an aromatic ring is 1. The van der Waals surface area contributed by atoms with E-state index in [9.17, 15) is 4.79 Å². The number of aromatic nitrogens is 3. The number of carbonyl (C=O) groups excluding carboxylic acids is 1. The zero-order valence-corrected chi connectivity index (χ0v) is 15.3. The molecule has 8 heteroatoms. The van der Waals surface area contributed by atoms with Crippen LogP contribution in [0.25, 0.3) is 11.3 Å². The molecule has 0 spiro atoms. The van der Waals surface area contributed by atoms with Crippen LogP contribution in [0.2, 0.25) is 0 Å². The first kappa shape index (κ1) is 18.4. The number of nitrogens with zero attached hydrogens (tertiary/aromatic N) is 4. The van der Waals surface area contributed by atoms with E-state index in [-0.39, 0.29) is 24.9 Å². The summed E-state index contributed by atoms with van der Waals surface area (Å²) < 4.78 is 11.0. The number of hydrogen-bond acceptors (Lipinski definition) is 8. The molecule has 0 unspecified atom stereocenters. The standard InChI is InChI=1S/C19H21N5O3/c1-24(2)19-22-16(21-18(20)23-19)12-26-17(25)11-9-14-8-10-15(27-14)13-6-4-3-5-7-13/h3-8,10H,9,11-12H2,1-2H3,(H2,20,21,22,23). The Balaban J connectivity index is 1.51. The Kier molecular flexibility index (Phi) is 5.65. The smallest absolute Gasteiger partial charge is 0.306 e. The van der Waals surface area contributed by atoms with Crippen LogP contribution >= 0.6 is 0 Å². The van der Waals surface area contributed by atoms with Crippen LogP contribution in [-0.2, 0) is 22.6 Å². The van der Waals surface area contributed by atoms with E-state index in [0.29, 0.717) is 18.2 Å². The maximum Gasteiger partial charge on any atom is 0.306 e. The summed E-state index contributed by atoms with van der Waals surface area (Å²) in [4.78, 5) is 25.8. The average Bonchev–Trinajstić information content (AvgIpc) is 3.14. The van der Waals surface area contributed by atoms with Gasteiger partial charge in [-0.15, -0.1) is 0 Å². The van der Waals surface area contributed by atoms with Crippen LogP contribution in [0.15, 0.2) is 46.9 Å². The molecule has 1 aromatic carbocycles. The molecule has 0 saturated heterocycles. The van der Waals surface area contributed by atoms with Crippen LogP contribution in [0.4, 0.5) is 11.9 Å². The van der Waals surface area contributed by atoms with Crippen molar-refractivity contribution in [3.8, 4) is 11.3 Å². The van der Waals surface area contributed by atoms with Crippen molar-refractivity contribution in [2.45, 2.75) is 19.4 Å². The lowest BCUT2D eigenvalue weighted by Gasteiger charge is -2.11. The van der Waals surface area contributed by atoms with Gasteiger partial charge in [-0.05, 0) is 12.1 Å². The molecule has 0 saturated carbocycles. The fourth-order valence-corrected chi connectivity index (χ4v) is 2.40. The van der Waals surface area contributed by atoms with Crippen LogP contribution < -0.4 is 10.6 Å². The summed E-state index contributed by atoms with van der Waals surface area (Å²) in [5.74, 6) is 1.95. The van der Waals surface area contributed by atoms with E-state index < -0.39 is 0 Å². The summed E-state index contributed by atoms with van der Waals surface area (Å²) in [7, 11) is 3.58. The summed E-state index contributed by atoms with van der Waals surface area (Å²) in [6.07, 6.45) is 0.650. The van der Waals surface area contributed by atoms with Crippen molar-refractivity contribution in [2.75, 3.05) is 24.7 Å². The van der Waals surface area contributed by atoms with Crippen molar-refractivity contribution in [1.82, 2.24) is 15.0 Å². The Morgan fingerprint density at radius 1 is 1.11 bits per heavy atom. The number of nitrogens with two attached hydrogens (primary N) is 1. The molecule has 2 aromatic heterocycles. The Morgan fingerprint density at radius 2 is 1.89 bits per heavy atom. The first-order valence-corrected chi connectivity index (χ1v) is 8.49. The number of benzene rings is 1. The van der Waals surface area contributed by atoms with Gasteiger partial charge in [0.15, 0.2) is 12.4 Å². The lowest BCUT2D eigenvalue weighted by molar-refractivity contribution is -0.145. The number of anilines is 2. The fraction of sp³-hybridized carbons (Fsp3) is 0.263. The highest BCUT2D eigenvalue weighted by Crippen LogP contribution is 2.22. The normalized spacial score (nSPS) is 10.6. The van der Waals surface area contributed by atoms with Crippen molar-refractivity contribution in [3.63, 3.8) is 0 Å². The summed E-state index contributed by atoms with van der Waals surface area (Å²) >= 11 is 0. The molecule has 0 radical (unpaired) electrons. The lowest BCUT2D eigenvalue weighted by atomic mass is 10.2. The first-order valence-electron chi connectivity index (χ1n) is 8.49. The average molecular weight is 367 g/mol. The van der Waals surface area contributed by atoms with Gasteiger partial charge < -0.3 is 19.8 Å². The monoisotopic (exact) mass is 367 g/mol. The van der Waals surface area contributed by atoms with Crippen molar-refractivity contribution >= 4 is 17.9 Å². The zero-order valence-electron chi connectivity index (χ0n) is 15.3. The highest BCUT2D eigenvalue weighted by atomic mass is 16.5. The second-order valence-electron chi connectivity index (χ2n) is 6.10. The molecule has 0 aliphatic carbocycles. The van der Waals surface area contributed by atoms with E-state index in [1.807, 2.05) is 42.5 Å². The van der Waals surface area contributed by atoms with Gasteiger partial charge in [-0.1, -0.05) is 30.3 Å². The van der Waals surface area contributed by atoms with Gasteiger partial charge in [0.2, 0.25) is 11.9 Å². The quantitative estimate of drug-likeness (QED) is 0.635. The van der Waals surface area contributed by atoms with Crippen LogP contribution in [0, 0.1) is 0 Å². The van der Waals surface area contributed by atoms with Gasteiger partial charge in [-0.25, -0.2) is 0 Å². The lowest BCUT2D eigenvalue weighted by Crippen LogP contribution is -2.17. The van der Waals surface area contributed by atoms with E-state index in [0.717, 1.165) is 17.1 Å². The molecule has 0 amide bonds. The third-order valence-corrected chi connectivity index (χ3v) is 3.74. The van der Waals surface area contributed by atoms with E-state index in [4.69, 9.17) is 14.9 Å². The highest BCUT2D eigenvalue weighted by Gasteiger charge is 2.11. The Morgan fingerprint density at radius 3 is 2.63 bits per heavy atom. The van der Waals surface area contributed by atoms with Gasteiger partial charge in [-0.3, -0.25) is 4.79 Å². The molecule has 0 bridgehead atoms. The van der Waals surface area contributed by atoms with Gasteiger partial charge in [-0.2, -0.15) is 15.0 Å². The second-order valence-corrected chi connectivity index (χ2v) is 6.10. The Bertz CT molecular complexity index is 909. The molecule has 27 heavy (non-hydrogen) atoms. The van der Waals surface area contributed by atoms with Crippen molar-refractivity contribution in [3.05, 3.63) is 54.0 Å². The molecule has 140 valence electrons. The van der Waals surface area contributed by atoms with Crippen LogP contribution in [0.3, 0.4) is 0 Å². The fourth-order valence-electron chi connectivity index (χ4n) is 2.40. The van der Waals surface area contributed by atoms with E-state index in [1.165, 1.54) is 0 Å². The number of rotatable bonds is 7. The number of carbonyl (C=O) groups is 1. The molecule has 2 heterocycles. The van der Waals surface area contributed by atoms with Crippen LogP contribution in [0.5, 0.6) is 0 Å². The summed E-state index contributed by atoms with van der Waals surface area (Å²) in [5, 5.41) is 0. The van der Waals surface area contributed by atoms with Crippen molar-refractivity contribution in [1.29, 1.82) is 0 Å². The molecule has 0 aliphatic rings. The molecule has 0 atom stereocenters. The molecule has 8 nitrogen and oxygen atoms in total. The molecular formula is C19H21N5O3. The van der Waals surface area contributed by atoms with E-state index in [1.54, 1.807) is 19.0 Å². The maximum atomic E-state index is 12.0. The number of hydrogen-bond donors (Lipinski definition) is 1. The maximum absolute atomic E-state index is 12.0. The predicted octanol–water partition coefficient (Wildman–Crippen LogP) is 2.46. The number of furan rings is 1. The minimum absolute atomic E-state index is 0.0557. The topological polar surface area (TPSA) is 107 Å². The molecular weight excluding hydrogens is 346 g/mol. The van der Waals surface area contributed by atoms with Gasteiger partial charge in [0.25, 0.3) is 0 Å². The number of esters is 1. The van der Waals surface area contributed by atoms with Gasteiger partial charge >= 0.3 is 5.97 Å². The predicted molar refractivity (Wildman–Crippen MR) is 101 cm³/mol. The highest BCUT2D eigenvalue weighted by molar-refractivity contribution is 5.69. The van der Waals surface area contributed by atoms with E-state index in [2.05, 4.69) is 15.0 Å². The first-order chi connectivity index (χ1) is 13.0. The van der Waals surface area contributed by atoms with Gasteiger partial charge in [0, 0.05) is 26.1 Å². The van der Waals surface area contributed by atoms with Crippen molar-refractivity contribution < 1.29 is 13.9 Å². The van der Waals surface area contributed by atoms with Crippen molar-refractivity contribution in [2.24, 2.45) is 0 Å². The molecule has 2 N–H and O–H groups in total. The Labute approximate surface area is 157 Å². The second kappa shape index (κ2) is 8.31. The third-order valence-electron chi connectivity index (χ3n) is 3.74. The number of aryl methyl sites for hydroxylation is 1. The molecule has 3 aromatic rings. The number of ether oxygens (including phenoxy) is 1. The summed E-state index contributed by atoms with van der Waals surface area (Å²) in [6.45, 7) is -0.0557. The Hall–Kier alpha value is -3.42. The largest absolute Gasteiger partial charge is 0.461 e. The molecule has 3 rings (SSSR count). The summed E-state index contributed by atoms with van der Waals surface area (Å²) in [6, 6.07) is 13.6. The minimum atomic E-state index is -0.363. The van der Waals surface area contributed by atoms with Gasteiger partial charge in [0.05, 0.1) is 6.42 Å². The minimum Gasteiger partial charge on any atom is -0.461 e.